The molecule has 3 rings (SSSR count). The number of benzene rings is 1. The van der Waals surface area contributed by atoms with Crippen molar-refractivity contribution < 1.29 is 9.59 Å². The van der Waals surface area contributed by atoms with Crippen LogP contribution in [0.5, 0.6) is 0 Å². The average molecular weight is 304 g/mol. The van der Waals surface area contributed by atoms with Crippen molar-refractivity contribution >= 4 is 33.7 Å². The van der Waals surface area contributed by atoms with Gasteiger partial charge in [-0.05, 0) is 28.1 Å². The van der Waals surface area contributed by atoms with E-state index in [1.807, 2.05) is 0 Å². The van der Waals surface area contributed by atoms with Crippen LogP contribution in [0.3, 0.4) is 0 Å². The Kier molecular flexibility index (Phi) is 2.45. The van der Waals surface area contributed by atoms with Crippen LogP contribution in [0.15, 0.2) is 41.1 Å². The van der Waals surface area contributed by atoms with Crippen LogP contribution in [0.2, 0.25) is 0 Å². The second kappa shape index (κ2) is 3.99. The van der Waals surface area contributed by atoms with Gasteiger partial charge >= 0.3 is 0 Å². The van der Waals surface area contributed by atoms with E-state index in [1.54, 1.807) is 24.3 Å². The molecule has 6 heteroatoms. The Morgan fingerprint density at radius 3 is 1.94 bits per heavy atom. The molecule has 2 aromatic rings. The molecule has 0 fully saturated rings. The lowest BCUT2D eigenvalue weighted by Crippen LogP contribution is -2.31. The van der Waals surface area contributed by atoms with Crippen molar-refractivity contribution in [2.75, 3.05) is 4.90 Å². The summed E-state index contributed by atoms with van der Waals surface area (Å²) in [7, 11) is 0. The van der Waals surface area contributed by atoms with E-state index in [-0.39, 0.29) is 5.95 Å². The Morgan fingerprint density at radius 2 is 1.44 bits per heavy atom. The van der Waals surface area contributed by atoms with Gasteiger partial charge in [-0.2, -0.15) is 0 Å². The number of rotatable bonds is 1. The van der Waals surface area contributed by atoms with Gasteiger partial charge in [-0.25, -0.2) is 14.9 Å². The number of hydrogen-bond donors (Lipinski definition) is 0. The van der Waals surface area contributed by atoms with Crippen molar-refractivity contribution in [3.63, 3.8) is 0 Å². The van der Waals surface area contributed by atoms with Crippen LogP contribution >= 0.6 is 15.9 Å². The zero-order valence-electron chi connectivity index (χ0n) is 9.00. The number of imide groups is 1. The second-order valence-electron chi connectivity index (χ2n) is 3.69. The molecule has 0 N–H and O–H groups in total. The maximum atomic E-state index is 12.1. The van der Waals surface area contributed by atoms with Crippen molar-refractivity contribution in [2.24, 2.45) is 0 Å². The number of amides is 2. The van der Waals surface area contributed by atoms with Crippen molar-refractivity contribution in [3.05, 3.63) is 52.3 Å². The lowest BCUT2D eigenvalue weighted by molar-refractivity contribution is 0.0924. The van der Waals surface area contributed by atoms with Gasteiger partial charge in [0.25, 0.3) is 11.8 Å². The lowest BCUT2D eigenvalue weighted by Gasteiger charge is -2.10. The Hall–Kier alpha value is -2.08. The quantitative estimate of drug-likeness (QED) is 0.756. The van der Waals surface area contributed by atoms with E-state index in [9.17, 15) is 9.59 Å². The number of carbonyl (C=O) groups excluding carboxylic acids is 2. The SMILES string of the molecule is O=C1c2ccccc2C(=O)N1c1ncc(Br)cn1. The molecule has 0 radical (unpaired) electrons. The fourth-order valence-corrected chi connectivity index (χ4v) is 2.00. The Labute approximate surface area is 111 Å². The number of carbonyl (C=O) groups is 2. The molecule has 0 unspecified atom stereocenters. The first-order valence-electron chi connectivity index (χ1n) is 5.14. The van der Waals surface area contributed by atoms with Crippen LogP contribution in [0.25, 0.3) is 0 Å². The third-order valence-corrected chi connectivity index (χ3v) is 3.01. The third kappa shape index (κ3) is 1.53. The van der Waals surface area contributed by atoms with E-state index >= 15 is 0 Å². The Morgan fingerprint density at radius 1 is 0.944 bits per heavy atom. The predicted octanol–water partition coefficient (Wildman–Crippen LogP) is 2.04. The van der Waals surface area contributed by atoms with Gasteiger partial charge in [-0.3, -0.25) is 9.59 Å². The smallest absolute Gasteiger partial charge is 0.268 e. The summed E-state index contributed by atoms with van der Waals surface area (Å²) in [5.74, 6) is -0.694. The minimum Gasteiger partial charge on any atom is -0.268 e. The molecule has 1 aromatic heterocycles. The van der Waals surface area contributed by atoms with Crippen LogP contribution in [-0.2, 0) is 0 Å². The Bertz CT molecular complexity index is 620. The fraction of sp³-hybridized carbons (Fsp3) is 0. The number of halogens is 1. The summed E-state index contributed by atoms with van der Waals surface area (Å²) in [6, 6.07) is 6.68. The minimum atomic E-state index is -0.391. The van der Waals surface area contributed by atoms with Gasteiger partial charge in [0.1, 0.15) is 0 Å². The molecule has 2 amide bonds. The number of aromatic nitrogens is 2. The van der Waals surface area contributed by atoms with Crippen LogP contribution in [-0.4, -0.2) is 21.8 Å². The molecule has 88 valence electrons. The van der Waals surface area contributed by atoms with Crippen LogP contribution in [0, 0.1) is 0 Å². The first-order valence-corrected chi connectivity index (χ1v) is 5.93. The van der Waals surface area contributed by atoms with Crippen LogP contribution in [0.4, 0.5) is 5.95 Å². The van der Waals surface area contributed by atoms with E-state index < -0.39 is 11.8 Å². The zero-order valence-corrected chi connectivity index (χ0v) is 10.6. The first-order chi connectivity index (χ1) is 8.68. The molecular weight excluding hydrogens is 298 g/mol. The van der Waals surface area contributed by atoms with Gasteiger partial charge in [0, 0.05) is 12.4 Å². The van der Waals surface area contributed by atoms with E-state index in [2.05, 4.69) is 25.9 Å². The van der Waals surface area contributed by atoms with Crippen molar-refractivity contribution in [3.8, 4) is 0 Å². The largest absolute Gasteiger partial charge is 0.268 e. The van der Waals surface area contributed by atoms with Crippen LogP contribution in [0.1, 0.15) is 20.7 Å². The fourth-order valence-electron chi connectivity index (χ4n) is 1.79. The summed E-state index contributed by atoms with van der Waals surface area (Å²) in [5, 5.41) is 0. The van der Waals surface area contributed by atoms with E-state index in [0.29, 0.717) is 15.6 Å². The van der Waals surface area contributed by atoms with Gasteiger partial charge in [0.05, 0.1) is 15.6 Å². The minimum absolute atomic E-state index is 0.0874. The molecular formula is C12H6BrN3O2. The number of fused-ring (bicyclic) bond motifs is 1. The molecule has 0 aliphatic carbocycles. The molecule has 0 saturated heterocycles. The maximum Gasteiger partial charge on any atom is 0.268 e. The maximum absolute atomic E-state index is 12.1. The highest BCUT2D eigenvalue weighted by Crippen LogP contribution is 2.25. The molecule has 1 aliphatic rings. The normalized spacial score (nSPS) is 13.9. The molecule has 0 bridgehead atoms. The number of anilines is 1. The van der Waals surface area contributed by atoms with Gasteiger partial charge in [-0.1, -0.05) is 12.1 Å². The van der Waals surface area contributed by atoms with Crippen molar-refractivity contribution in [2.45, 2.75) is 0 Å². The monoisotopic (exact) mass is 303 g/mol. The number of nitrogens with zero attached hydrogens (tertiary/aromatic N) is 3. The molecule has 18 heavy (non-hydrogen) atoms. The molecule has 2 heterocycles. The highest BCUT2D eigenvalue weighted by Gasteiger charge is 2.37. The first kappa shape index (κ1) is 11.0. The Balaban J connectivity index is 2.09. The summed E-state index contributed by atoms with van der Waals surface area (Å²) >= 11 is 3.20. The van der Waals surface area contributed by atoms with Gasteiger partial charge in [-0.15, -0.1) is 0 Å². The average Bonchev–Trinajstić information content (AvgIpc) is 2.64. The highest BCUT2D eigenvalue weighted by molar-refractivity contribution is 9.10. The third-order valence-electron chi connectivity index (χ3n) is 2.60. The molecule has 5 nitrogen and oxygen atoms in total. The van der Waals surface area contributed by atoms with Gasteiger partial charge in [0.15, 0.2) is 0 Å². The molecule has 0 saturated carbocycles. The molecule has 0 atom stereocenters. The number of hydrogen-bond acceptors (Lipinski definition) is 4. The summed E-state index contributed by atoms with van der Waals surface area (Å²) in [6.45, 7) is 0. The standard InChI is InChI=1S/C12H6BrN3O2/c13-7-5-14-12(15-6-7)16-10(17)8-3-1-2-4-9(8)11(16)18/h1-6H. The highest BCUT2D eigenvalue weighted by atomic mass is 79.9. The predicted molar refractivity (Wildman–Crippen MR) is 67.3 cm³/mol. The summed E-state index contributed by atoms with van der Waals surface area (Å²) < 4.78 is 0.683. The zero-order chi connectivity index (χ0) is 12.7. The summed E-state index contributed by atoms with van der Waals surface area (Å²) in [5.41, 5.74) is 0.767. The van der Waals surface area contributed by atoms with Crippen molar-refractivity contribution in [1.29, 1.82) is 0 Å². The van der Waals surface area contributed by atoms with E-state index in [0.717, 1.165) is 4.90 Å². The van der Waals surface area contributed by atoms with E-state index in [1.165, 1.54) is 12.4 Å². The summed E-state index contributed by atoms with van der Waals surface area (Å²) in [6.07, 6.45) is 2.98. The van der Waals surface area contributed by atoms with E-state index in [4.69, 9.17) is 0 Å². The molecule has 1 aromatic carbocycles. The lowest BCUT2D eigenvalue weighted by atomic mass is 10.1. The molecule has 0 spiro atoms. The van der Waals surface area contributed by atoms with Crippen molar-refractivity contribution in [1.82, 2.24) is 9.97 Å². The summed E-state index contributed by atoms with van der Waals surface area (Å²) in [4.78, 5) is 33.1. The molecule has 1 aliphatic heterocycles. The van der Waals surface area contributed by atoms with Gasteiger partial charge < -0.3 is 0 Å². The second-order valence-corrected chi connectivity index (χ2v) is 4.61. The van der Waals surface area contributed by atoms with Crippen LogP contribution < -0.4 is 4.90 Å². The van der Waals surface area contributed by atoms with Gasteiger partial charge in [0.2, 0.25) is 5.95 Å². The topological polar surface area (TPSA) is 63.2 Å².